The fourth-order valence-electron chi connectivity index (χ4n) is 1.66. The third-order valence-corrected chi connectivity index (χ3v) is 3.08. The van der Waals surface area contributed by atoms with Crippen LogP contribution in [0.1, 0.15) is 18.2 Å². The van der Waals surface area contributed by atoms with Gasteiger partial charge in [0.25, 0.3) is 0 Å². The summed E-state index contributed by atoms with van der Waals surface area (Å²) in [5.74, 6) is -0.0382. The second-order valence-electron chi connectivity index (χ2n) is 3.87. The van der Waals surface area contributed by atoms with Gasteiger partial charge in [0, 0.05) is 12.5 Å². The molecule has 7 heteroatoms. The van der Waals surface area contributed by atoms with Crippen LogP contribution in [0.5, 0.6) is 5.75 Å². The zero-order valence-electron chi connectivity index (χ0n) is 9.99. The normalized spacial score (nSPS) is 12.4. The molecule has 0 radical (unpaired) electrons. The summed E-state index contributed by atoms with van der Waals surface area (Å²) in [6, 6.07) is 5.09. The third kappa shape index (κ3) is 3.10. The number of aromatic nitrogens is 1. The predicted octanol–water partition coefficient (Wildman–Crippen LogP) is 2.22. The highest BCUT2D eigenvalue weighted by atomic mass is 32.1. The van der Waals surface area contributed by atoms with Crippen molar-refractivity contribution in [2.45, 2.75) is 12.3 Å². The molecule has 0 aliphatic rings. The van der Waals surface area contributed by atoms with Gasteiger partial charge in [0.2, 0.25) is 5.89 Å². The first-order valence-electron chi connectivity index (χ1n) is 5.40. The van der Waals surface area contributed by atoms with Crippen molar-refractivity contribution in [3.05, 3.63) is 24.1 Å². The molecule has 1 aromatic heterocycles. The number of methoxy groups -OCH3 is 1. The Bertz CT molecular complexity index is 638. The van der Waals surface area contributed by atoms with Gasteiger partial charge in [-0.15, -0.1) is 25.3 Å². The number of oxazole rings is 1. The lowest BCUT2D eigenvalue weighted by Gasteiger charge is -2.05. The summed E-state index contributed by atoms with van der Waals surface area (Å²) in [7, 11) is 1.54. The molecule has 2 rings (SSSR count). The number of ether oxygens (including phenoxy) is 1. The standard InChI is InChI=1S/C12H11NO4S2/c1-16-6-2-3-9-8(4-6)13-11(17-9)7(12(15)19)5-10(14)18/h2-4,7H,5H2,1H3,(H,14,18)(H,15,19). The van der Waals surface area contributed by atoms with Crippen LogP contribution in [0, 0.1) is 0 Å². The third-order valence-electron chi connectivity index (χ3n) is 2.59. The highest BCUT2D eigenvalue weighted by Gasteiger charge is 2.25. The Labute approximate surface area is 120 Å². The Hall–Kier alpha value is -1.47. The van der Waals surface area contributed by atoms with E-state index in [-0.39, 0.29) is 12.3 Å². The summed E-state index contributed by atoms with van der Waals surface area (Å²) in [5, 5.41) is -0.909. The van der Waals surface area contributed by atoms with Crippen molar-refractivity contribution < 1.29 is 18.7 Å². The van der Waals surface area contributed by atoms with Crippen molar-refractivity contribution in [2.75, 3.05) is 7.11 Å². The number of hydrogen-bond acceptors (Lipinski definition) is 5. The number of hydrogen-bond donors (Lipinski definition) is 2. The van der Waals surface area contributed by atoms with E-state index in [2.05, 4.69) is 30.2 Å². The van der Waals surface area contributed by atoms with Crippen molar-refractivity contribution in [3.8, 4) is 5.75 Å². The molecular formula is C12H11NO4S2. The molecule has 0 bridgehead atoms. The van der Waals surface area contributed by atoms with Gasteiger partial charge in [0.1, 0.15) is 17.2 Å². The smallest absolute Gasteiger partial charge is 0.207 e. The van der Waals surface area contributed by atoms with Crippen molar-refractivity contribution >= 4 is 46.6 Å². The van der Waals surface area contributed by atoms with E-state index in [4.69, 9.17) is 9.15 Å². The number of fused-ring (bicyclic) bond motifs is 1. The number of thiol groups is 2. The van der Waals surface area contributed by atoms with Crippen LogP contribution in [0.2, 0.25) is 0 Å². The van der Waals surface area contributed by atoms with Gasteiger partial charge in [-0.1, -0.05) is 0 Å². The summed E-state index contributed by atoms with van der Waals surface area (Å²) in [4.78, 5) is 26.7. The largest absolute Gasteiger partial charge is 0.497 e. The summed E-state index contributed by atoms with van der Waals surface area (Å²) in [6.07, 6.45) is -0.102. The van der Waals surface area contributed by atoms with E-state index in [1.807, 2.05) is 0 Å². The maximum Gasteiger partial charge on any atom is 0.207 e. The maximum absolute atomic E-state index is 11.4. The van der Waals surface area contributed by atoms with Gasteiger partial charge in [-0.05, 0) is 12.1 Å². The maximum atomic E-state index is 11.4. The van der Waals surface area contributed by atoms with Gasteiger partial charge < -0.3 is 9.15 Å². The van der Waals surface area contributed by atoms with Crippen LogP contribution in [0.4, 0.5) is 0 Å². The minimum atomic E-state index is -0.827. The summed E-state index contributed by atoms with van der Waals surface area (Å²) in [5.41, 5.74) is 1.07. The van der Waals surface area contributed by atoms with Crippen molar-refractivity contribution in [3.63, 3.8) is 0 Å². The zero-order valence-corrected chi connectivity index (χ0v) is 11.8. The van der Waals surface area contributed by atoms with E-state index in [9.17, 15) is 9.59 Å². The fourth-order valence-corrected chi connectivity index (χ4v) is 2.04. The molecule has 19 heavy (non-hydrogen) atoms. The van der Waals surface area contributed by atoms with Crippen LogP contribution in [-0.2, 0) is 9.59 Å². The summed E-state index contributed by atoms with van der Waals surface area (Å²) in [6.45, 7) is 0. The van der Waals surface area contributed by atoms with Gasteiger partial charge in [0.05, 0.1) is 7.11 Å². The van der Waals surface area contributed by atoms with E-state index >= 15 is 0 Å². The molecule has 100 valence electrons. The highest BCUT2D eigenvalue weighted by molar-refractivity contribution is 7.97. The van der Waals surface area contributed by atoms with Gasteiger partial charge in [-0.2, -0.15) is 0 Å². The molecule has 0 amide bonds. The van der Waals surface area contributed by atoms with Gasteiger partial charge in [-0.25, -0.2) is 4.98 Å². The van der Waals surface area contributed by atoms with Gasteiger partial charge in [-0.3, -0.25) is 9.59 Å². The first-order chi connectivity index (χ1) is 9.01. The van der Waals surface area contributed by atoms with Crippen molar-refractivity contribution in [1.82, 2.24) is 4.98 Å². The lowest BCUT2D eigenvalue weighted by molar-refractivity contribution is -0.117. The minimum Gasteiger partial charge on any atom is -0.497 e. The number of carbonyl (C=O) groups excluding carboxylic acids is 2. The van der Waals surface area contributed by atoms with Crippen LogP contribution in [0.15, 0.2) is 22.6 Å². The highest BCUT2D eigenvalue weighted by Crippen LogP contribution is 2.28. The fraction of sp³-hybridized carbons (Fsp3) is 0.250. The van der Waals surface area contributed by atoms with Crippen LogP contribution in [-0.4, -0.2) is 22.3 Å². The Kier molecular flexibility index (Phi) is 4.16. The minimum absolute atomic E-state index is 0.102. The average Bonchev–Trinajstić information content (AvgIpc) is 2.77. The first-order valence-corrected chi connectivity index (χ1v) is 6.29. The van der Waals surface area contributed by atoms with Crippen molar-refractivity contribution in [2.24, 2.45) is 0 Å². The molecule has 1 atom stereocenters. The number of nitrogens with zero attached hydrogens (tertiary/aromatic N) is 1. The molecule has 0 N–H and O–H groups in total. The summed E-state index contributed by atoms with van der Waals surface area (Å²) < 4.78 is 10.5. The molecule has 0 saturated heterocycles. The second-order valence-corrected chi connectivity index (χ2v) is 4.81. The Morgan fingerprint density at radius 2 is 2.16 bits per heavy atom. The lowest BCUT2D eigenvalue weighted by Crippen LogP contribution is -2.10. The van der Waals surface area contributed by atoms with Crippen LogP contribution < -0.4 is 4.74 Å². The number of carbonyl (C=O) groups is 2. The molecular weight excluding hydrogens is 286 g/mol. The molecule has 0 saturated carbocycles. The number of rotatable bonds is 5. The van der Waals surface area contributed by atoms with E-state index in [1.54, 1.807) is 25.3 Å². The summed E-state index contributed by atoms with van der Waals surface area (Å²) >= 11 is 7.41. The quantitative estimate of drug-likeness (QED) is 0.828. The number of benzene rings is 1. The molecule has 5 nitrogen and oxygen atoms in total. The van der Waals surface area contributed by atoms with Gasteiger partial charge in [0.15, 0.2) is 15.8 Å². The van der Waals surface area contributed by atoms with E-state index in [0.717, 1.165) is 0 Å². The molecule has 1 heterocycles. The molecule has 2 aromatic rings. The van der Waals surface area contributed by atoms with E-state index in [1.165, 1.54) is 0 Å². The van der Waals surface area contributed by atoms with Crippen LogP contribution >= 0.6 is 25.3 Å². The monoisotopic (exact) mass is 297 g/mol. The lowest BCUT2D eigenvalue weighted by atomic mass is 10.1. The molecule has 1 unspecified atom stereocenters. The van der Waals surface area contributed by atoms with Crippen LogP contribution in [0.3, 0.4) is 0 Å². The Balaban J connectivity index is 2.42. The second kappa shape index (κ2) is 5.66. The molecule has 0 spiro atoms. The molecule has 1 aromatic carbocycles. The Morgan fingerprint density at radius 3 is 2.74 bits per heavy atom. The topological polar surface area (TPSA) is 69.4 Å². The van der Waals surface area contributed by atoms with Crippen molar-refractivity contribution in [1.29, 1.82) is 0 Å². The van der Waals surface area contributed by atoms with E-state index < -0.39 is 16.1 Å². The predicted molar refractivity (Wildman–Crippen MR) is 75.9 cm³/mol. The van der Waals surface area contributed by atoms with E-state index in [0.29, 0.717) is 16.8 Å². The molecule has 0 aliphatic carbocycles. The first kappa shape index (κ1) is 14.0. The SMILES string of the molecule is COc1ccc2oc(C(CC(=O)S)C(=O)S)nc2c1. The Morgan fingerprint density at radius 1 is 1.42 bits per heavy atom. The zero-order chi connectivity index (χ0) is 14.0. The molecule has 0 fully saturated rings. The molecule has 0 aliphatic heterocycles. The van der Waals surface area contributed by atoms with Crippen LogP contribution in [0.25, 0.3) is 11.1 Å². The van der Waals surface area contributed by atoms with Gasteiger partial charge >= 0.3 is 0 Å². The average molecular weight is 297 g/mol.